The monoisotopic (exact) mass is 475 g/mol. The second-order valence-corrected chi connectivity index (χ2v) is 7.93. The number of halogens is 1. The molecular weight excluding hydrogens is 450 g/mol. The number of hydrogen-bond acceptors (Lipinski definition) is 5. The number of amides is 2. The van der Waals surface area contributed by atoms with Gasteiger partial charge < -0.3 is 10.3 Å². The van der Waals surface area contributed by atoms with Crippen LogP contribution in [0.5, 0.6) is 0 Å². The number of hydrazone groups is 1. The lowest BCUT2D eigenvalue weighted by Gasteiger charge is -2.21. The van der Waals surface area contributed by atoms with Crippen LogP contribution in [-0.2, 0) is 4.79 Å². The van der Waals surface area contributed by atoms with Gasteiger partial charge >= 0.3 is 0 Å². The largest absolute Gasteiger partial charge is 0.306 e. The summed E-state index contributed by atoms with van der Waals surface area (Å²) in [4.78, 5) is 30.7. The second-order valence-electron chi connectivity index (χ2n) is 7.49. The molecule has 34 heavy (non-hydrogen) atoms. The molecule has 0 aliphatic rings. The SMILES string of the molecule is C=Cc1ccc(NC(=O)c2cc(Cl)ccc2N(C=O)c2ccc(C=NN(C)CCC)cc2)nc1. The average molecular weight is 476 g/mol. The number of nitrogens with one attached hydrogen (secondary N) is 1. The third-order valence-corrected chi connectivity index (χ3v) is 5.19. The summed E-state index contributed by atoms with van der Waals surface area (Å²) in [6.07, 6.45) is 6.69. The highest BCUT2D eigenvalue weighted by molar-refractivity contribution is 6.31. The molecule has 3 aromatic rings. The molecule has 174 valence electrons. The topological polar surface area (TPSA) is 77.9 Å². The molecule has 2 amide bonds. The Bertz CT molecular complexity index is 1180. The van der Waals surface area contributed by atoms with E-state index in [1.165, 1.54) is 11.0 Å². The number of nitrogens with zero attached hydrogens (tertiary/aromatic N) is 4. The van der Waals surface area contributed by atoms with E-state index in [-0.39, 0.29) is 5.56 Å². The van der Waals surface area contributed by atoms with Crippen LogP contribution in [0.4, 0.5) is 17.2 Å². The molecule has 1 N–H and O–H groups in total. The third-order valence-electron chi connectivity index (χ3n) is 4.95. The van der Waals surface area contributed by atoms with E-state index in [1.807, 2.05) is 24.2 Å². The highest BCUT2D eigenvalue weighted by atomic mass is 35.5. The molecule has 7 nitrogen and oxygen atoms in total. The van der Waals surface area contributed by atoms with Gasteiger partial charge in [0.15, 0.2) is 0 Å². The quantitative estimate of drug-likeness (QED) is 0.235. The number of aromatic nitrogens is 1. The van der Waals surface area contributed by atoms with Crippen molar-refractivity contribution in [2.24, 2.45) is 5.10 Å². The number of carbonyl (C=O) groups excluding carboxylic acids is 2. The third kappa shape index (κ3) is 6.30. The number of benzene rings is 2. The van der Waals surface area contributed by atoms with E-state index in [4.69, 9.17) is 11.6 Å². The summed E-state index contributed by atoms with van der Waals surface area (Å²) in [6.45, 7) is 6.65. The normalized spacial score (nSPS) is 10.7. The number of rotatable bonds is 10. The lowest BCUT2D eigenvalue weighted by atomic mass is 10.1. The van der Waals surface area contributed by atoms with E-state index in [2.05, 4.69) is 28.9 Å². The van der Waals surface area contributed by atoms with Crippen molar-refractivity contribution in [1.29, 1.82) is 0 Å². The first kappa shape index (κ1) is 24.7. The van der Waals surface area contributed by atoms with Crippen LogP contribution in [0.3, 0.4) is 0 Å². The number of hydrogen-bond donors (Lipinski definition) is 1. The molecule has 2 aromatic carbocycles. The Morgan fingerprint density at radius 1 is 1.15 bits per heavy atom. The molecule has 0 atom stereocenters. The summed E-state index contributed by atoms with van der Waals surface area (Å²) in [5.74, 6) is -0.0678. The predicted octanol–water partition coefficient (Wildman–Crippen LogP) is 5.60. The van der Waals surface area contributed by atoms with Gasteiger partial charge in [-0.15, -0.1) is 0 Å². The molecule has 8 heteroatoms. The molecule has 3 rings (SSSR count). The van der Waals surface area contributed by atoms with Crippen molar-refractivity contribution < 1.29 is 9.59 Å². The summed E-state index contributed by atoms with van der Waals surface area (Å²) in [5, 5.41) is 9.37. The van der Waals surface area contributed by atoms with Crippen molar-refractivity contribution in [2.75, 3.05) is 23.8 Å². The standard InChI is InChI=1S/C26H26ClN5O2/c1-4-14-31(3)29-17-20-6-10-22(11-7-20)32(18-33)24-12-9-21(27)15-23(24)26(34)30-25-13-8-19(5-2)16-28-25/h5-13,15-18H,2,4,14H2,1,3H3,(H,28,30,34). The molecule has 1 aromatic heterocycles. The van der Waals surface area contributed by atoms with E-state index in [1.54, 1.807) is 54.9 Å². The van der Waals surface area contributed by atoms with Crippen LogP contribution in [0.2, 0.25) is 5.02 Å². The second kappa shape index (κ2) is 11.8. The van der Waals surface area contributed by atoms with Crippen LogP contribution in [0.15, 0.2) is 72.5 Å². The van der Waals surface area contributed by atoms with Crippen molar-refractivity contribution in [3.8, 4) is 0 Å². The van der Waals surface area contributed by atoms with Crippen LogP contribution >= 0.6 is 11.6 Å². The Kier molecular flexibility index (Phi) is 8.54. The molecule has 0 aliphatic heterocycles. The average Bonchev–Trinajstić information content (AvgIpc) is 2.85. The van der Waals surface area contributed by atoms with Crippen LogP contribution in [0.1, 0.15) is 34.8 Å². The zero-order valence-corrected chi connectivity index (χ0v) is 19.9. The molecule has 0 fully saturated rings. The van der Waals surface area contributed by atoms with Gasteiger partial charge in [-0.25, -0.2) is 4.98 Å². The van der Waals surface area contributed by atoms with Crippen molar-refractivity contribution in [3.05, 3.63) is 89.1 Å². The fraction of sp³-hybridized carbons (Fsp3) is 0.154. The first-order chi connectivity index (χ1) is 16.4. The predicted molar refractivity (Wildman–Crippen MR) is 139 cm³/mol. The Morgan fingerprint density at radius 3 is 2.50 bits per heavy atom. The number of anilines is 3. The van der Waals surface area contributed by atoms with E-state index in [9.17, 15) is 9.59 Å². The first-order valence-electron chi connectivity index (χ1n) is 10.7. The zero-order chi connectivity index (χ0) is 24.5. The van der Waals surface area contributed by atoms with Gasteiger partial charge in [0, 0.05) is 30.5 Å². The van der Waals surface area contributed by atoms with Crippen LogP contribution in [0, 0.1) is 0 Å². The van der Waals surface area contributed by atoms with E-state index < -0.39 is 5.91 Å². The van der Waals surface area contributed by atoms with Gasteiger partial charge in [0.1, 0.15) is 5.82 Å². The summed E-state index contributed by atoms with van der Waals surface area (Å²) in [7, 11) is 1.92. The molecule has 0 spiro atoms. The van der Waals surface area contributed by atoms with Crippen molar-refractivity contribution in [2.45, 2.75) is 13.3 Å². The highest BCUT2D eigenvalue weighted by Crippen LogP contribution is 2.30. The maximum atomic E-state index is 13.1. The van der Waals surface area contributed by atoms with Gasteiger partial charge in [0.05, 0.1) is 17.5 Å². The van der Waals surface area contributed by atoms with Gasteiger partial charge in [-0.1, -0.05) is 43.3 Å². The van der Waals surface area contributed by atoms with Gasteiger partial charge in [-0.2, -0.15) is 5.10 Å². The number of carbonyl (C=O) groups is 2. The fourth-order valence-electron chi connectivity index (χ4n) is 3.21. The molecule has 0 bridgehead atoms. The van der Waals surface area contributed by atoms with E-state index in [0.717, 1.165) is 24.1 Å². The van der Waals surface area contributed by atoms with Gasteiger partial charge in [0.2, 0.25) is 6.41 Å². The molecular formula is C26H26ClN5O2. The molecule has 0 radical (unpaired) electrons. The Balaban J connectivity index is 1.86. The Morgan fingerprint density at radius 2 is 1.88 bits per heavy atom. The highest BCUT2D eigenvalue weighted by Gasteiger charge is 2.19. The summed E-state index contributed by atoms with van der Waals surface area (Å²) in [6, 6.07) is 15.5. The van der Waals surface area contributed by atoms with Gasteiger partial charge in [-0.3, -0.25) is 14.5 Å². The maximum Gasteiger partial charge on any atom is 0.259 e. The molecule has 0 saturated carbocycles. The minimum Gasteiger partial charge on any atom is -0.306 e. The van der Waals surface area contributed by atoms with Crippen molar-refractivity contribution in [3.63, 3.8) is 0 Å². The lowest BCUT2D eigenvalue weighted by Crippen LogP contribution is -2.21. The summed E-state index contributed by atoms with van der Waals surface area (Å²) in [5.41, 5.74) is 2.95. The van der Waals surface area contributed by atoms with Crippen LogP contribution in [0.25, 0.3) is 6.08 Å². The summed E-state index contributed by atoms with van der Waals surface area (Å²) >= 11 is 6.17. The lowest BCUT2D eigenvalue weighted by molar-refractivity contribution is -0.106. The molecule has 0 unspecified atom stereocenters. The fourth-order valence-corrected chi connectivity index (χ4v) is 3.38. The van der Waals surface area contributed by atoms with E-state index in [0.29, 0.717) is 28.6 Å². The van der Waals surface area contributed by atoms with Gasteiger partial charge in [-0.05, 0) is 60.0 Å². The Labute approximate surface area is 204 Å². The minimum absolute atomic E-state index is 0.237. The van der Waals surface area contributed by atoms with E-state index >= 15 is 0 Å². The molecule has 1 heterocycles. The summed E-state index contributed by atoms with van der Waals surface area (Å²) < 4.78 is 0. The number of pyridine rings is 1. The molecule has 0 saturated heterocycles. The minimum atomic E-state index is -0.439. The van der Waals surface area contributed by atoms with Crippen molar-refractivity contribution >= 4 is 53.4 Å². The first-order valence-corrected chi connectivity index (χ1v) is 11.1. The molecule has 0 aliphatic carbocycles. The Hall–Kier alpha value is -3.97. The maximum absolute atomic E-state index is 13.1. The zero-order valence-electron chi connectivity index (χ0n) is 19.1. The van der Waals surface area contributed by atoms with Crippen molar-refractivity contribution in [1.82, 2.24) is 9.99 Å². The van der Waals surface area contributed by atoms with Crippen LogP contribution in [-0.4, -0.2) is 42.1 Å². The van der Waals surface area contributed by atoms with Crippen LogP contribution < -0.4 is 10.2 Å². The smallest absolute Gasteiger partial charge is 0.259 e. The van der Waals surface area contributed by atoms with Gasteiger partial charge in [0.25, 0.3) is 5.91 Å².